The van der Waals surface area contributed by atoms with Gasteiger partial charge in [-0.05, 0) is 47.9 Å². The van der Waals surface area contributed by atoms with Crippen LogP contribution < -0.4 is 5.73 Å². The Morgan fingerprint density at radius 2 is 2.28 bits per heavy atom. The highest BCUT2D eigenvalue weighted by Crippen LogP contribution is 2.23. The SMILES string of the molecule is N[C@@H]1CCCN(C(=O)c2ccc3sccc3c2)C1. The van der Waals surface area contributed by atoms with Crippen molar-refractivity contribution in [1.82, 2.24) is 4.90 Å². The number of benzene rings is 1. The molecule has 0 radical (unpaired) electrons. The fourth-order valence-electron chi connectivity index (χ4n) is 2.48. The summed E-state index contributed by atoms with van der Waals surface area (Å²) in [6.07, 6.45) is 2.03. The number of hydrogen-bond acceptors (Lipinski definition) is 3. The average molecular weight is 260 g/mol. The molecule has 1 aliphatic rings. The van der Waals surface area contributed by atoms with Crippen molar-refractivity contribution in [3.8, 4) is 0 Å². The van der Waals surface area contributed by atoms with Gasteiger partial charge in [-0.2, -0.15) is 0 Å². The van der Waals surface area contributed by atoms with Crippen molar-refractivity contribution in [2.45, 2.75) is 18.9 Å². The standard InChI is InChI=1S/C14H16N2OS/c15-12-2-1-6-16(9-12)14(17)11-3-4-13-10(8-11)5-7-18-13/h3-5,7-8,12H,1-2,6,9,15H2/t12-/m1/s1. The van der Waals surface area contributed by atoms with Crippen molar-refractivity contribution in [2.24, 2.45) is 5.73 Å². The third-order valence-corrected chi connectivity index (χ3v) is 4.34. The summed E-state index contributed by atoms with van der Waals surface area (Å²) in [6, 6.07) is 8.11. The lowest BCUT2D eigenvalue weighted by molar-refractivity contribution is 0.0709. The van der Waals surface area contributed by atoms with Crippen LogP contribution in [0.25, 0.3) is 10.1 Å². The van der Waals surface area contributed by atoms with Gasteiger partial charge in [0.25, 0.3) is 5.91 Å². The van der Waals surface area contributed by atoms with Crippen LogP contribution in [0.5, 0.6) is 0 Å². The molecule has 0 spiro atoms. The van der Waals surface area contributed by atoms with Gasteiger partial charge in [-0.25, -0.2) is 0 Å². The Hall–Kier alpha value is -1.39. The number of nitrogens with zero attached hydrogens (tertiary/aromatic N) is 1. The minimum Gasteiger partial charge on any atom is -0.337 e. The van der Waals surface area contributed by atoms with Crippen molar-refractivity contribution in [1.29, 1.82) is 0 Å². The summed E-state index contributed by atoms with van der Waals surface area (Å²) in [5.41, 5.74) is 6.70. The van der Waals surface area contributed by atoms with Gasteiger partial charge < -0.3 is 10.6 Å². The number of rotatable bonds is 1. The van der Waals surface area contributed by atoms with Crippen molar-refractivity contribution in [2.75, 3.05) is 13.1 Å². The number of fused-ring (bicyclic) bond motifs is 1. The number of carbonyl (C=O) groups is 1. The summed E-state index contributed by atoms with van der Waals surface area (Å²) in [5.74, 6) is 0.109. The molecule has 0 unspecified atom stereocenters. The molecule has 3 nitrogen and oxygen atoms in total. The second kappa shape index (κ2) is 4.71. The van der Waals surface area contributed by atoms with Gasteiger partial charge in [0.05, 0.1) is 0 Å². The Kier molecular flexibility index (Phi) is 3.06. The molecule has 1 saturated heterocycles. The van der Waals surface area contributed by atoms with E-state index in [0.717, 1.165) is 30.3 Å². The van der Waals surface area contributed by atoms with Gasteiger partial charge in [-0.15, -0.1) is 11.3 Å². The highest BCUT2D eigenvalue weighted by Gasteiger charge is 2.22. The lowest BCUT2D eigenvalue weighted by Crippen LogP contribution is -2.45. The van der Waals surface area contributed by atoms with Gasteiger partial charge in [0.2, 0.25) is 0 Å². The zero-order chi connectivity index (χ0) is 12.5. The minimum absolute atomic E-state index is 0.109. The van der Waals surface area contributed by atoms with Crippen LogP contribution in [0.15, 0.2) is 29.6 Å². The molecule has 0 bridgehead atoms. The normalized spacial score (nSPS) is 20.3. The van der Waals surface area contributed by atoms with E-state index < -0.39 is 0 Å². The molecule has 1 fully saturated rings. The third kappa shape index (κ3) is 2.13. The smallest absolute Gasteiger partial charge is 0.253 e. The maximum Gasteiger partial charge on any atom is 0.253 e. The lowest BCUT2D eigenvalue weighted by atomic mass is 10.0. The summed E-state index contributed by atoms with van der Waals surface area (Å²) in [7, 11) is 0. The molecule has 1 aromatic carbocycles. The number of likely N-dealkylation sites (tertiary alicyclic amines) is 1. The van der Waals surface area contributed by atoms with Crippen molar-refractivity contribution in [3.05, 3.63) is 35.2 Å². The van der Waals surface area contributed by atoms with Gasteiger partial charge in [0.15, 0.2) is 0 Å². The Bertz CT molecular complexity index is 578. The molecule has 1 aromatic heterocycles. The molecule has 1 amide bonds. The second-order valence-corrected chi connectivity index (χ2v) is 5.77. The summed E-state index contributed by atoms with van der Waals surface area (Å²) in [6.45, 7) is 1.51. The Balaban J connectivity index is 1.86. The van der Waals surface area contributed by atoms with E-state index in [0.29, 0.717) is 6.54 Å². The summed E-state index contributed by atoms with van der Waals surface area (Å²) in [5, 5.41) is 3.20. The molecule has 0 aliphatic carbocycles. The van der Waals surface area contributed by atoms with Crippen molar-refractivity contribution < 1.29 is 4.79 Å². The first kappa shape index (κ1) is 11.7. The topological polar surface area (TPSA) is 46.3 Å². The predicted molar refractivity (Wildman–Crippen MR) is 74.9 cm³/mol. The molecule has 0 saturated carbocycles. The van der Waals surface area contributed by atoms with Crippen LogP contribution in [0.3, 0.4) is 0 Å². The molecule has 2 N–H and O–H groups in total. The molecule has 4 heteroatoms. The van der Waals surface area contributed by atoms with Crippen LogP contribution in [-0.2, 0) is 0 Å². The van der Waals surface area contributed by atoms with Crippen molar-refractivity contribution in [3.63, 3.8) is 0 Å². The average Bonchev–Trinajstić information content (AvgIpc) is 2.85. The highest BCUT2D eigenvalue weighted by atomic mass is 32.1. The molecule has 3 rings (SSSR count). The summed E-state index contributed by atoms with van der Waals surface area (Å²) in [4.78, 5) is 14.3. The molecule has 94 valence electrons. The molecule has 1 atom stereocenters. The summed E-state index contributed by atoms with van der Waals surface area (Å²) < 4.78 is 1.22. The van der Waals surface area contributed by atoms with E-state index in [1.807, 2.05) is 23.1 Å². The quantitative estimate of drug-likeness (QED) is 0.856. The maximum absolute atomic E-state index is 12.4. The molecular formula is C14H16N2OS. The molecule has 18 heavy (non-hydrogen) atoms. The Morgan fingerprint density at radius 3 is 3.11 bits per heavy atom. The lowest BCUT2D eigenvalue weighted by Gasteiger charge is -2.30. The summed E-state index contributed by atoms with van der Waals surface area (Å²) >= 11 is 1.70. The minimum atomic E-state index is 0.109. The molecule has 2 heterocycles. The Labute approximate surface area is 110 Å². The first-order valence-corrected chi connectivity index (χ1v) is 7.14. The van der Waals surface area contributed by atoms with Gasteiger partial charge >= 0.3 is 0 Å². The molecule has 2 aromatic rings. The van der Waals surface area contributed by atoms with E-state index in [-0.39, 0.29) is 11.9 Å². The predicted octanol–water partition coefficient (Wildman–Crippen LogP) is 2.46. The van der Waals surface area contributed by atoms with Gasteiger partial charge in [0, 0.05) is 29.4 Å². The number of amides is 1. The zero-order valence-corrected chi connectivity index (χ0v) is 11.0. The van der Waals surface area contributed by atoms with Gasteiger partial charge in [-0.3, -0.25) is 4.79 Å². The van der Waals surface area contributed by atoms with Crippen molar-refractivity contribution >= 4 is 27.3 Å². The highest BCUT2D eigenvalue weighted by molar-refractivity contribution is 7.17. The van der Waals surface area contributed by atoms with Gasteiger partial charge in [0.1, 0.15) is 0 Å². The largest absolute Gasteiger partial charge is 0.337 e. The van der Waals surface area contributed by atoms with Crippen LogP contribution in [0, 0.1) is 0 Å². The number of carbonyl (C=O) groups excluding carboxylic acids is 1. The molecular weight excluding hydrogens is 244 g/mol. The van der Waals surface area contributed by atoms with E-state index in [4.69, 9.17) is 5.73 Å². The first-order valence-electron chi connectivity index (χ1n) is 6.26. The van der Waals surface area contributed by atoms with E-state index in [2.05, 4.69) is 11.4 Å². The fraction of sp³-hybridized carbons (Fsp3) is 0.357. The number of thiophene rings is 1. The zero-order valence-electron chi connectivity index (χ0n) is 10.1. The fourth-order valence-corrected chi connectivity index (χ4v) is 3.25. The van der Waals surface area contributed by atoms with E-state index in [1.165, 1.54) is 4.70 Å². The van der Waals surface area contributed by atoms with E-state index in [9.17, 15) is 4.79 Å². The van der Waals surface area contributed by atoms with E-state index in [1.54, 1.807) is 11.3 Å². The van der Waals surface area contributed by atoms with Crippen LogP contribution in [0.4, 0.5) is 0 Å². The Morgan fingerprint density at radius 1 is 1.39 bits per heavy atom. The van der Waals surface area contributed by atoms with Crippen LogP contribution >= 0.6 is 11.3 Å². The number of piperidine rings is 1. The monoisotopic (exact) mass is 260 g/mol. The molecule has 1 aliphatic heterocycles. The van der Waals surface area contributed by atoms with Crippen LogP contribution in [0.2, 0.25) is 0 Å². The maximum atomic E-state index is 12.4. The number of nitrogens with two attached hydrogens (primary N) is 1. The first-order chi connectivity index (χ1) is 8.74. The third-order valence-electron chi connectivity index (χ3n) is 3.44. The second-order valence-electron chi connectivity index (χ2n) is 4.83. The van der Waals surface area contributed by atoms with E-state index >= 15 is 0 Å². The van der Waals surface area contributed by atoms with Crippen LogP contribution in [-0.4, -0.2) is 29.9 Å². The van der Waals surface area contributed by atoms with Crippen LogP contribution in [0.1, 0.15) is 23.2 Å². The number of hydrogen-bond donors (Lipinski definition) is 1. The van der Waals surface area contributed by atoms with Gasteiger partial charge in [-0.1, -0.05) is 0 Å².